The molecular formula is C23H25F3N4O2S. The maximum absolute atomic E-state index is 12.9. The van der Waals surface area contributed by atoms with E-state index in [-0.39, 0.29) is 17.2 Å². The van der Waals surface area contributed by atoms with Gasteiger partial charge in [0.05, 0.1) is 29.2 Å². The van der Waals surface area contributed by atoms with Crippen LogP contribution < -0.4 is 5.32 Å². The Morgan fingerprint density at radius 3 is 2.70 bits per heavy atom. The van der Waals surface area contributed by atoms with Crippen LogP contribution in [0.25, 0.3) is 11.0 Å². The molecule has 2 heterocycles. The van der Waals surface area contributed by atoms with Crippen LogP contribution in [0.4, 0.5) is 13.2 Å². The number of nitrogens with one attached hydrogen (secondary N) is 2. The first-order valence-electron chi connectivity index (χ1n) is 10.6. The number of aromatic nitrogens is 2. The van der Waals surface area contributed by atoms with Gasteiger partial charge in [0, 0.05) is 32.0 Å². The Morgan fingerprint density at radius 2 is 2.00 bits per heavy atom. The number of rotatable bonds is 8. The number of carbonyl (C=O) groups is 1. The number of hydrogen-bond donors (Lipinski definition) is 2. The van der Waals surface area contributed by atoms with Crippen LogP contribution in [0.15, 0.2) is 53.7 Å². The second-order valence-corrected chi connectivity index (χ2v) is 9.25. The summed E-state index contributed by atoms with van der Waals surface area (Å²) in [6, 6.07) is 12.5. The van der Waals surface area contributed by atoms with Crippen LogP contribution in [0.1, 0.15) is 17.5 Å². The molecule has 0 bridgehead atoms. The summed E-state index contributed by atoms with van der Waals surface area (Å²) in [6.07, 6.45) is -3.76. The summed E-state index contributed by atoms with van der Waals surface area (Å²) in [4.78, 5) is 22.8. The zero-order valence-corrected chi connectivity index (χ0v) is 18.9. The summed E-state index contributed by atoms with van der Waals surface area (Å²) in [5.41, 5.74) is 1.88. The number of aromatic amines is 1. The number of methoxy groups -OCH3 is 1. The molecule has 0 radical (unpaired) electrons. The highest BCUT2D eigenvalue weighted by Gasteiger charge is 2.37. The number of alkyl halides is 3. The molecular weight excluding hydrogens is 453 g/mol. The monoisotopic (exact) mass is 478 g/mol. The minimum atomic E-state index is -4.37. The zero-order chi connectivity index (χ0) is 23.4. The lowest BCUT2D eigenvalue weighted by atomic mass is 10.1. The van der Waals surface area contributed by atoms with Gasteiger partial charge in [-0.1, -0.05) is 36.0 Å². The predicted molar refractivity (Wildman–Crippen MR) is 121 cm³/mol. The van der Waals surface area contributed by atoms with Crippen molar-refractivity contribution in [2.75, 3.05) is 26.8 Å². The molecule has 1 aliphatic rings. The largest absolute Gasteiger partial charge is 0.416 e. The van der Waals surface area contributed by atoms with Crippen molar-refractivity contribution in [1.29, 1.82) is 0 Å². The molecule has 1 aliphatic heterocycles. The van der Waals surface area contributed by atoms with Crippen LogP contribution in [0.2, 0.25) is 0 Å². The van der Waals surface area contributed by atoms with Crippen molar-refractivity contribution in [1.82, 2.24) is 20.2 Å². The molecule has 1 fully saturated rings. The number of hydrogen-bond acceptors (Lipinski definition) is 5. The predicted octanol–water partition coefficient (Wildman–Crippen LogP) is 4.08. The van der Waals surface area contributed by atoms with Gasteiger partial charge in [-0.25, -0.2) is 4.98 Å². The van der Waals surface area contributed by atoms with Crippen molar-refractivity contribution in [3.05, 3.63) is 59.7 Å². The molecule has 0 unspecified atom stereocenters. The number of carbonyl (C=O) groups excluding carboxylic acids is 1. The smallest absolute Gasteiger partial charge is 0.383 e. The molecule has 2 N–H and O–H groups in total. The van der Waals surface area contributed by atoms with Crippen LogP contribution in [-0.2, 0) is 22.3 Å². The van der Waals surface area contributed by atoms with Gasteiger partial charge in [-0.05, 0) is 36.2 Å². The number of para-hydroxylation sites is 2. The van der Waals surface area contributed by atoms with Gasteiger partial charge >= 0.3 is 6.18 Å². The van der Waals surface area contributed by atoms with Gasteiger partial charge in [-0.3, -0.25) is 9.69 Å². The van der Waals surface area contributed by atoms with E-state index in [1.807, 2.05) is 29.2 Å². The minimum Gasteiger partial charge on any atom is -0.383 e. The van der Waals surface area contributed by atoms with Gasteiger partial charge in [-0.15, -0.1) is 0 Å². The van der Waals surface area contributed by atoms with E-state index in [1.54, 1.807) is 18.9 Å². The number of H-pyrrole nitrogens is 1. The fourth-order valence-corrected chi connectivity index (χ4v) is 5.15. The van der Waals surface area contributed by atoms with E-state index in [0.717, 1.165) is 33.9 Å². The molecule has 1 amide bonds. The van der Waals surface area contributed by atoms with Crippen molar-refractivity contribution in [3.63, 3.8) is 0 Å². The Hall–Kier alpha value is -2.56. The number of likely N-dealkylation sites (tertiary alicyclic amines) is 1. The second-order valence-electron chi connectivity index (χ2n) is 7.96. The second kappa shape index (κ2) is 10.1. The Labute approximate surface area is 193 Å². The lowest BCUT2D eigenvalue weighted by molar-refractivity contribution is -0.137. The first kappa shape index (κ1) is 23.6. The first-order chi connectivity index (χ1) is 15.8. The number of halogens is 3. The Bertz CT molecular complexity index is 1050. The molecule has 33 heavy (non-hydrogen) atoms. The highest BCUT2D eigenvalue weighted by atomic mass is 32.2. The maximum atomic E-state index is 12.9. The molecule has 2 atom stereocenters. The molecule has 0 saturated carbocycles. The third-order valence-electron chi connectivity index (χ3n) is 5.59. The molecule has 0 aliphatic carbocycles. The van der Waals surface area contributed by atoms with Crippen molar-refractivity contribution in [2.24, 2.45) is 0 Å². The highest BCUT2D eigenvalue weighted by Crippen LogP contribution is 2.34. The summed E-state index contributed by atoms with van der Waals surface area (Å²) in [5, 5.41) is 3.79. The third-order valence-corrected chi connectivity index (χ3v) is 6.68. The van der Waals surface area contributed by atoms with Crippen LogP contribution in [0.3, 0.4) is 0 Å². The standard InChI is InChI=1S/C23H25F3N4O2S/c1-32-11-10-27-21(31)20-12-17(33-22-28-18-4-2-3-5-19(18)29-22)14-30(20)13-15-6-8-16(9-7-15)23(24,25)26/h2-9,17,20H,10-14H2,1H3,(H,27,31)(H,28,29)/t17-,20-/m0/s1. The molecule has 1 aromatic heterocycles. The van der Waals surface area contributed by atoms with E-state index in [0.29, 0.717) is 32.7 Å². The molecule has 176 valence electrons. The summed E-state index contributed by atoms with van der Waals surface area (Å²) < 4.78 is 43.7. The summed E-state index contributed by atoms with van der Waals surface area (Å²) in [6.45, 7) is 1.82. The molecule has 3 aromatic rings. The number of imidazole rings is 1. The quantitative estimate of drug-likeness (QED) is 0.478. The maximum Gasteiger partial charge on any atom is 0.416 e. The highest BCUT2D eigenvalue weighted by molar-refractivity contribution is 7.99. The fraction of sp³-hybridized carbons (Fsp3) is 0.391. The van der Waals surface area contributed by atoms with Gasteiger partial charge < -0.3 is 15.0 Å². The van der Waals surface area contributed by atoms with Gasteiger partial charge in [0.25, 0.3) is 0 Å². The molecule has 10 heteroatoms. The molecule has 0 spiro atoms. The molecule has 2 aromatic carbocycles. The summed E-state index contributed by atoms with van der Waals surface area (Å²) >= 11 is 1.58. The number of thioether (sulfide) groups is 1. The third kappa shape index (κ3) is 5.87. The molecule has 6 nitrogen and oxygen atoms in total. The number of nitrogens with zero attached hydrogens (tertiary/aromatic N) is 2. The normalized spacial score (nSPS) is 19.3. The number of fused-ring (bicyclic) bond motifs is 1. The topological polar surface area (TPSA) is 70.2 Å². The van der Waals surface area contributed by atoms with E-state index in [4.69, 9.17) is 4.74 Å². The van der Waals surface area contributed by atoms with Gasteiger partial charge in [-0.2, -0.15) is 13.2 Å². The van der Waals surface area contributed by atoms with E-state index >= 15 is 0 Å². The van der Waals surface area contributed by atoms with Crippen LogP contribution in [0.5, 0.6) is 0 Å². The summed E-state index contributed by atoms with van der Waals surface area (Å²) in [7, 11) is 1.57. The average Bonchev–Trinajstić information content (AvgIpc) is 3.37. The Balaban J connectivity index is 1.47. The Morgan fingerprint density at radius 1 is 1.24 bits per heavy atom. The van der Waals surface area contributed by atoms with Crippen molar-refractivity contribution in [2.45, 2.75) is 35.6 Å². The van der Waals surface area contributed by atoms with Gasteiger partial charge in [0.1, 0.15) is 0 Å². The number of benzene rings is 2. The van der Waals surface area contributed by atoms with Crippen LogP contribution in [0, 0.1) is 0 Å². The van der Waals surface area contributed by atoms with Crippen LogP contribution in [-0.4, -0.2) is 58.9 Å². The average molecular weight is 479 g/mol. The van der Waals surface area contributed by atoms with E-state index in [2.05, 4.69) is 15.3 Å². The van der Waals surface area contributed by atoms with Crippen LogP contribution >= 0.6 is 11.8 Å². The summed E-state index contributed by atoms with van der Waals surface area (Å²) in [5.74, 6) is -0.105. The Kier molecular flexibility index (Phi) is 7.26. The van der Waals surface area contributed by atoms with E-state index in [9.17, 15) is 18.0 Å². The number of amides is 1. The number of ether oxygens (including phenoxy) is 1. The lowest BCUT2D eigenvalue weighted by Crippen LogP contribution is -2.43. The van der Waals surface area contributed by atoms with Crippen molar-refractivity contribution >= 4 is 28.7 Å². The lowest BCUT2D eigenvalue weighted by Gasteiger charge is -2.23. The van der Waals surface area contributed by atoms with Gasteiger partial charge in [0.15, 0.2) is 5.16 Å². The SMILES string of the molecule is COCCNC(=O)[C@@H]1C[C@H](Sc2nc3ccccc3[nH]2)CN1Cc1ccc(C(F)(F)F)cc1. The minimum absolute atomic E-state index is 0.105. The van der Waals surface area contributed by atoms with E-state index in [1.165, 1.54) is 12.1 Å². The molecule has 4 rings (SSSR count). The van der Waals surface area contributed by atoms with Crippen molar-refractivity contribution < 1.29 is 22.7 Å². The first-order valence-corrected chi connectivity index (χ1v) is 11.5. The molecule has 1 saturated heterocycles. The van der Waals surface area contributed by atoms with Crippen molar-refractivity contribution in [3.8, 4) is 0 Å². The van der Waals surface area contributed by atoms with E-state index < -0.39 is 11.7 Å². The fourth-order valence-electron chi connectivity index (χ4n) is 3.97. The zero-order valence-electron chi connectivity index (χ0n) is 18.1. The van der Waals surface area contributed by atoms with Gasteiger partial charge in [0.2, 0.25) is 5.91 Å².